The summed E-state index contributed by atoms with van der Waals surface area (Å²) in [5.74, 6) is 1.41. The second-order valence-corrected chi connectivity index (χ2v) is 7.71. The van der Waals surface area contributed by atoms with Gasteiger partial charge in [-0.1, -0.05) is 37.5 Å². The van der Waals surface area contributed by atoms with Crippen molar-refractivity contribution in [1.29, 1.82) is 0 Å². The molecule has 2 heterocycles. The zero-order chi connectivity index (χ0) is 16.4. The lowest BCUT2D eigenvalue weighted by atomic mass is 9.84. The lowest BCUT2D eigenvalue weighted by molar-refractivity contribution is -0.115. The third-order valence-corrected chi connectivity index (χ3v) is 6.30. The van der Waals surface area contributed by atoms with Crippen molar-refractivity contribution in [2.45, 2.75) is 43.4 Å². The molecule has 2 fully saturated rings. The van der Waals surface area contributed by atoms with Gasteiger partial charge in [-0.2, -0.15) is 0 Å². The maximum atomic E-state index is 12.4. The number of nitrogens with zero attached hydrogens (tertiary/aromatic N) is 2. The first-order chi connectivity index (χ1) is 11.8. The van der Waals surface area contributed by atoms with E-state index in [1.54, 1.807) is 18.0 Å². The third kappa shape index (κ3) is 3.07. The summed E-state index contributed by atoms with van der Waals surface area (Å²) in [5, 5.41) is 0.0340. The number of amides is 1. The molecular formula is C20H22N2OS. The fourth-order valence-corrected chi connectivity index (χ4v) is 4.97. The number of aromatic nitrogens is 1. The van der Waals surface area contributed by atoms with Crippen LogP contribution in [0.5, 0.6) is 0 Å². The van der Waals surface area contributed by atoms with E-state index in [1.165, 1.54) is 37.7 Å². The molecule has 1 amide bonds. The van der Waals surface area contributed by atoms with Crippen molar-refractivity contribution < 1.29 is 4.79 Å². The van der Waals surface area contributed by atoms with Crippen LogP contribution in [0.1, 0.15) is 54.5 Å². The van der Waals surface area contributed by atoms with E-state index in [2.05, 4.69) is 29.2 Å². The molecule has 1 aliphatic carbocycles. The van der Waals surface area contributed by atoms with Crippen molar-refractivity contribution in [2.75, 3.05) is 10.7 Å². The summed E-state index contributed by atoms with van der Waals surface area (Å²) in [4.78, 5) is 18.6. The number of thioether (sulfide) groups is 1. The van der Waals surface area contributed by atoms with Crippen LogP contribution in [0.4, 0.5) is 5.69 Å². The average Bonchev–Trinajstić information content (AvgIpc) is 3.05. The Labute approximate surface area is 147 Å². The zero-order valence-corrected chi connectivity index (χ0v) is 14.5. The standard InChI is InChI=1S/C20H22N2OS/c23-19-14-24-20(17-7-4-12-21-13-17)22(19)18-10-8-16(9-11-18)15-5-2-1-3-6-15/h4,7-13,15,20H,1-3,5-6,14H2. The smallest absolute Gasteiger partial charge is 0.238 e. The Bertz CT molecular complexity index is 695. The number of hydrogen-bond donors (Lipinski definition) is 0. The summed E-state index contributed by atoms with van der Waals surface area (Å²) >= 11 is 1.68. The molecule has 0 spiro atoms. The number of pyridine rings is 1. The first-order valence-corrected chi connectivity index (χ1v) is 9.81. The fourth-order valence-electron chi connectivity index (χ4n) is 3.81. The molecule has 4 rings (SSSR count). The number of carbonyl (C=O) groups is 1. The predicted molar refractivity (Wildman–Crippen MR) is 99.2 cm³/mol. The average molecular weight is 338 g/mol. The van der Waals surface area contributed by atoms with Gasteiger partial charge in [0.1, 0.15) is 5.37 Å². The summed E-state index contributed by atoms with van der Waals surface area (Å²) in [6, 6.07) is 12.7. The van der Waals surface area contributed by atoms with Crippen LogP contribution >= 0.6 is 11.8 Å². The van der Waals surface area contributed by atoms with Crippen molar-refractivity contribution in [3.63, 3.8) is 0 Å². The second-order valence-electron chi connectivity index (χ2n) is 6.64. The Hall–Kier alpha value is -1.81. The summed E-state index contributed by atoms with van der Waals surface area (Å²) in [7, 11) is 0. The molecule has 1 unspecified atom stereocenters. The van der Waals surface area contributed by atoms with Crippen LogP contribution in [-0.4, -0.2) is 16.6 Å². The highest BCUT2D eigenvalue weighted by Gasteiger charge is 2.34. The van der Waals surface area contributed by atoms with Gasteiger partial charge in [0.15, 0.2) is 0 Å². The SMILES string of the molecule is O=C1CSC(c2cccnc2)N1c1ccc(C2CCCCC2)cc1. The summed E-state index contributed by atoms with van der Waals surface area (Å²) in [6.07, 6.45) is 10.3. The number of anilines is 1. The number of hydrogen-bond acceptors (Lipinski definition) is 3. The van der Waals surface area contributed by atoms with E-state index in [-0.39, 0.29) is 11.3 Å². The largest absolute Gasteiger partial charge is 0.295 e. The molecule has 1 aliphatic heterocycles. The van der Waals surface area contributed by atoms with Gasteiger partial charge in [0.05, 0.1) is 5.75 Å². The highest BCUT2D eigenvalue weighted by atomic mass is 32.2. The second kappa shape index (κ2) is 6.98. The minimum atomic E-state index is 0.0340. The minimum absolute atomic E-state index is 0.0340. The van der Waals surface area contributed by atoms with E-state index in [1.807, 2.05) is 23.2 Å². The maximum Gasteiger partial charge on any atom is 0.238 e. The maximum absolute atomic E-state index is 12.4. The molecule has 3 nitrogen and oxygen atoms in total. The van der Waals surface area contributed by atoms with Gasteiger partial charge in [-0.3, -0.25) is 14.7 Å². The van der Waals surface area contributed by atoms with Crippen LogP contribution in [0.25, 0.3) is 0 Å². The number of benzene rings is 1. The summed E-state index contributed by atoms with van der Waals surface area (Å²) in [5.41, 5.74) is 3.51. The van der Waals surface area contributed by atoms with Gasteiger partial charge in [-0.05, 0) is 42.5 Å². The van der Waals surface area contributed by atoms with Crippen LogP contribution in [-0.2, 0) is 4.79 Å². The van der Waals surface area contributed by atoms with Crippen molar-refractivity contribution in [3.8, 4) is 0 Å². The van der Waals surface area contributed by atoms with Crippen LogP contribution in [0, 0.1) is 0 Å². The van der Waals surface area contributed by atoms with E-state index in [0.29, 0.717) is 11.7 Å². The molecule has 2 aromatic rings. The zero-order valence-electron chi connectivity index (χ0n) is 13.7. The van der Waals surface area contributed by atoms with Crippen molar-refractivity contribution in [3.05, 3.63) is 59.9 Å². The third-order valence-electron chi connectivity index (χ3n) is 5.09. The predicted octanol–water partition coefficient (Wildman–Crippen LogP) is 4.91. The van der Waals surface area contributed by atoms with Crippen LogP contribution in [0.3, 0.4) is 0 Å². The van der Waals surface area contributed by atoms with Crippen LogP contribution in [0.15, 0.2) is 48.8 Å². The monoisotopic (exact) mass is 338 g/mol. The molecule has 0 N–H and O–H groups in total. The fraction of sp³-hybridized carbons (Fsp3) is 0.400. The Morgan fingerprint density at radius 2 is 1.79 bits per heavy atom. The van der Waals surface area contributed by atoms with Gasteiger partial charge in [-0.25, -0.2) is 0 Å². The summed E-state index contributed by atoms with van der Waals surface area (Å²) in [6.45, 7) is 0. The Morgan fingerprint density at radius 1 is 1.00 bits per heavy atom. The Kier molecular flexibility index (Phi) is 4.56. The van der Waals surface area contributed by atoms with E-state index >= 15 is 0 Å². The molecular weight excluding hydrogens is 316 g/mol. The minimum Gasteiger partial charge on any atom is -0.295 e. The van der Waals surface area contributed by atoms with E-state index in [0.717, 1.165) is 11.3 Å². The molecule has 2 aliphatic rings. The lowest BCUT2D eigenvalue weighted by Gasteiger charge is -2.26. The van der Waals surface area contributed by atoms with Crippen molar-refractivity contribution in [1.82, 2.24) is 4.98 Å². The van der Waals surface area contributed by atoms with Gasteiger partial charge in [-0.15, -0.1) is 11.8 Å². The topological polar surface area (TPSA) is 33.2 Å². The molecule has 1 saturated heterocycles. The highest BCUT2D eigenvalue weighted by Crippen LogP contribution is 2.42. The lowest BCUT2D eigenvalue weighted by Crippen LogP contribution is -2.27. The molecule has 1 atom stereocenters. The molecule has 0 bridgehead atoms. The molecule has 24 heavy (non-hydrogen) atoms. The van der Waals surface area contributed by atoms with Gasteiger partial charge in [0.2, 0.25) is 5.91 Å². The first-order valence-electron chi connectivity index (χ1n) is 8.76. The van der Waals surface area contributed by atoms with Crippen LogP contribution in [0.2, 0.25) is 0 Å². The van der Waals surface area contributed by atoms with E-state index < -0.39 is 0 Å². The van der Waals surface area contributed by atoms with Crippen molar-refractivity contribution >= 4 is 23.4 Å². The van der Waals surface area contributed by atoms with Crippen molar-refractivity contribution in [2.24, 2.45) is 0 Å². The molecule has 1 saturated carbocycles. The Balaban J connectivity index is 1.58. The van der Waals surface area contributed by atoms with Gasteiger partial charge < -0.3 is 0 Å². The number of rotatable bonds is 3. The highest BCUT2D eigenvalue weighted by molar-refractivity contribution is 8.00. The number of carbonyl (C=O) groups excluding carboxylic acids is 1. The molecule has 1 aromatic heterocycles. The van der Waals surface area contributed by atoms with E-state index in [4.69, 9.17) is 0 Å². The van der Waals surface area contributed by atoms with E-state index in [9.17, 15) is 4.79 Å². The quantitative estimate of drug-likeness (QED) is 0.797. The molecule has 4 heteroatoms. The molecule has 0 radical (unpaired) electrons. The van der Waals surface area contributed by atoms with Gasteiger partial charge in [0, 0.05) is 23.6 Å². The normalized spacial score (nSPS) is 22.1. The van der Waals surface area contributed by atoms with Crippen LogP contribution < -0.4 is 4.90 Å². The first kappa shape index (κ1) is 15.7. The summed E-state index contributed by atoms with van der Waals surface area (Å²) < 4.78 is 0. The molecule has 124 valence electrons. The van der Waals surface area contributed by atoms with Gasteiger partial charge >= 0.3 is 0 Å². The molecule has 1 aromatic carbocycles. The van der Waals surface area contributed by atoms with Gasteiger partial charge in [0.25, 0.3) is 0 Å². The Morgan fingerprint density at radius 3 is 2.50 bits per heavy atom.